The number of anilines is 2. The van der Waals surface area contributed by atoms with Gasteiger partial charge in [-0.2, -0.15) is 5.10 Å². The Balaban J connectivity index is 1.44. The molecular formula is C22H18Cl2N4O2S. The molecule has 0 spiro atoms. The summed E-state index contributed by atoms with van der Waals surface area (Å²) in [6.07, 6.45) is 0.407. The normalized spacial score (nSPS) is 10.9. The van der Waals surface area contributed by atoms with Crippen molar-refractivity contribution in [3.05, 3.63) is 74.6 Å². The van der Waals surface area contributed by atoms with Crippen LogP contribution in [0.2, 0.25) is 10.0 Å². The molecule has 0 fully saturated rings. The zero-order chi connectivity index (χ0) is 22.0. The van der Waals surface area contributed by atoms with E-state index in [1.54, 1.807) is 18.2 Å². The summed E-state index contributed by atoms with van der Waals surface area (Å²) in [7, 11) is 0. The largest absolute Gasteiger partial charge is 0.323 e. The van der Waals surface area contributed by atoms with Gasteiger partial charge in [0, 0.05) is 4.88 Å². The molecule has 2 aromatic heterocycles. The van der Waals surface area contributed by atoms with Gasteiger partial charge in [0.25, 0.3) is 0 Å². The molecule has 3 N–H and O–H groups in total. The lowest BCUT2D eigenvalue weighted by Crippen LogP contribution is -2.15. The fourth-order valence-corrected chi connectivity index (χ4v) is 4.65. The van der Waals surface area contributed by atoms with Crippen LogP contribution in [0.3, 0.4) is 0 Å². The Labute approximate surface area is 192 Å². The van der Waals surface area contributed by atoms with Crippen LogP contribution in [0.1, 0.15) is 16.0 Å². The second-order valence-corrected chi connectivity index (χ2v) is 8.93. The minimum absolute atomic E-state index is 0.138. The maximum Gasteiger partial charge on any atom is 0.229 e. The number of carbonyl (C=O) groups is 2. The SMILES string of the molecule is Cc1ccccc1CC(=O)Nc1[nH]nc2sc(CC(=O)Nc3c(Cl)cccc3Cl)cc12. The van der Waals surface area contributed by atoms with E-state index >= 15 is 0 Å². The Morgan fingerprint density at radius 3 is 2.45 bits per heavy atom. The van der Waals surface area contributed by atoms with Crippen molar-refractivity contribution < 1.29 is 9.59 Å². The highest BCUT2D eigenvalue weighted by Crippen LogP contribution is 2.32. The van der Waals surface area contributed by atoms with Crippen molar-refractivity contribution in [1.29, 1.82) is 0 Å². The Bertz CT molecular complexity index is 1260. The first-order valence-corrected chi connectivity index (χ1v) is 11.0. The first kappa shape index (κ1) is 21.4. The lowest BCUT2D eigenvalue weighted by Gasteiger charge is -2.08. The number of aryl methyl sites for hydroxylation is 1. The van der Waals surface area contributed by atoms with Crippen LogP contribution in [0.25, 0.3) is 10.2 Å². The van der Waals surface area contributed by atoms with Crippen LogP contribution in [-0.2, 0) is 22.4 Å². The monoisotopic (exact) mass is 472 g/mol. The van der Waals surface area contributed by atoms with Crippen LogP contribution < -0.4 is 10.6 Å². The highest BCUT2D eigenvalue weighted by atomic mass is 35.5. The van der Waals surface area contributed by atoms with E-state index in [-0.39, 0.29) is 24.7 Å². The van der Waals surface area contributed by atoms with Crippen molar-refractivity contribution in [3.8, 4) is 0 Å². The second kappa shape index (κ2) is 9.09. The lowest BCUT2D eigenvalue weighted by molar-refractivity contribution is -0.116. The summed E-state index contributed by atoms with van der Waals surface area (Å²) in [6.45, 7) is 1.98. The van der Waals surface area contributed by atoms with Gasteiger partial charge in [-0.05, 0) is 36.2 Å². The summed E-state index contributed by atoms with van der Waals surface area (Å²) in [5.74, 6) is 0.136. The van der Waals surface area contributed by atoms with Crippen LogP contribution in [0, 0.1) is 6.92 Å². The van der Waals surface area contributed by atoms with Gasteiger partial charge in [0.05, 0.1) is 34.0 Å². The lowest BCUT2D eigenvalue weighted by atomic mass is 10.1. The van der Waals surface area contributed by atoms with Crippen LogP contribution in [0.5, 0.6) is 0 Å². The molecule has 9 heteroatoms. The number of aromatic nitrogens is 2. The van der Waals surface area contributed by atoms with E-state index in [0.717, 1.165) is 21.4 Å². The molecule has 6 nitrogen and oxygen atoms in total. The molecule has 0 aliphatic carbocycles. The fourth-order valence-electron chi connectivity index (χ4n) is 3.17. The Hall–Kier alpha value is -2.87. The van der Waals surface area contributed by atoms with E-state index in [1.807, 2.05) is 37.3 Å². The summed E-state index contributed by atoms with van der Waals surface area (Å²) >= 11 is 13.6. The molecule has 0 aliphatic heterocycles. The van der Waals surface area contributed by atoms with E-state index in [4.69, 9.17) is 23.2 Å². The topological polar surface area (TPSA) is 86.9 Å². The smallest absolute Gasteiger partial charge is 0.229 e. The maximum absolute atomic E-state index is 12.5. The summed E-state index contributed by atoms with van der Waals surface area (Å²) in [4.78, 5) is 26.5. The van der Waals surface area contributed by atoms with Crippen molar-refractivity contribution in [2.45, 2.75) is 19.8 Å². The molecule has 0 aliphatic rings. The van der Waals surface area contributed by atoms with Crippen LogP contribution in [0.15, 0.2) is 48.5 Å². The van der Waals surface area contributed by atoms with Gasteiger partial charge >= 0.3 is 0 Å². The number of nitrogens with zero attached hydrogens (tertiary/aromatic N) is 1. The number of carbonyl (C=O) groups excluding carboxylic acids is 2. The quantitative estimate of drug-likeness (QED) is 0.341. The van der Waals surface area contributed by atoms with Gasteiger partial charge in [-0.1, -0.05) is 53.5 Å². The number of rotatable bonds is 6. The Kier molecular flexibility index (Phi) is 6.27. The Morgan fingerprint density at radius 1 is 1.00 bits per heavy atom. The predicted octanol–water partition coefficient (Wildman–Crippen LogP) is 5.60. The van der Waals surface area contributed by atoms with Gasteiger partial charge in [-0.15, -0.1) is 11.3 Å². The molecule has 0 atom stereocenters. The molecule has 2 heterocycles. The van der Waals surface area contributed by atoms with Gasteiger partial charge in [0.15, 0.2) is 0 Å². The molecule has 0 radical (unpaired) electrons. The molecule has 158 valence electrons. The standard InChI is InChI=1S/C22H18Cl2N4O2S/c1-12-5-2-3-6-13(12)9-18(29)26-21-15-10-14(31-22(15)28-27-21)11-19(30)25-20-16(23)7-4-8-17(20)24/h2-8,10H,9,11H2,1H3,(H,25,30)(H2,26,27,28,29). The van der Waals surface area contributed by atoms with E-state index in [2.05, 4.69) is 20.8 Å². The molecule has 31 heavy (non-hydrogen) atoms. The van der Waals surface area contributed by atoms with E-state index in [1.165, 1.54) is 11.3 Å². The highest BCUT2D eigenvalue weighted by Gasteiger charge is 2.16. The number of amides is 2. The highest BCUT2D eigenvalue weighted by molar-refractivity contribution is 7.18. The third kappa shape index (κ3) is 4.90. The average Bonchev–Trinajstić information content (AvgIpc) is 3.28. The molecule has 2 aromatic carbocycles. The molecule has 0 saturated heterocycles. The van der Waals surface area contributed by atoms with Gasteiger partial charge in [0.2, 0.25) is 11.8 Å². The zero-order valence-corrected chi connectivity index (χ0v) is 18.8. The van der Waals surface area contributed by atoms with Crippen molar-refractivity contribution in [2.24, 2.45) is 0 Å². The Morgan fingerprint density at radius 2 is 1.71 bits per heavy atom. The second-order valence-electron chi connectivity index (χ2n) is 7.00. The van der Waals surface area contributed by atoms with Crippen molar-refractivity contribution in [1.82, 2.24) is 10.2 Å². The van der Waals surface area contributed by atoms with Crippen molar-refractivity contribution >= 4 is 68.1 Å². The maximum atomic E-state index is 12.5. The van der Waals surface area contributed by atoms with Crippen molar-refractivity contribution in [2.75, 3.05) is 10.6 Å². The molecule has 0 saturated carbocycles. The number of fused-ring (bicyclic) bond motifs is 1. The van der Waals surface area contributed by atoms with E-state index in [0.29, 0.717) is 26.4 Å². The number of benzene rings is 2. The first-order chi connectivity index (χ1) is 14.9. The summed E-state index contributed by atoms with van der Waals surface area (Å²) in [5, 5.41) is 14.2. The van der Waals surface area contributed by atoms with Gasteiger partial charge < -0.3 is 10.6 Å². The third-order valence-electron chi connectivity index (χ3n) is 4.74. The first-order valence-electron chi connectivity index (χ1n) is 9.45. The average molecular weight is 473 g/mol. The minimum Gasteiger partial charge on any atom is -0.323 e. The number of aromatic amines is 1. The van der Waals surface area contributed by atoms with Crippen LogP contribution in [0.4, 0.5) is 11.5 Å². The number of hydrogen-bond acceptors (Lipinski definition) is 4. The summed E-state index contributed by atoms with van der Waals surface area (Å²) in [6, 6.07) is 14.6. The summed E-state index contributed by atoms with van der Waals surface area (Å²) in [5.41, 5.74) is 2.42. The predicted molar refractivity (Wildman–Crippen MR) is 126 cm³/mol. The minimum atomic E-state index is -0.243. The van der Waals surface area contributed by atoms with Crippen LogP contribution >= 0.6 is 34.5 Å². The van der Waals surface area contributed by atoms with Gasteiger partial charge in [-0.3, -0.25) is 14.7 Å². The number of halogens is 2. The number of H-pyrrole nitrogens is 1. The van der Waals surface area contributed by atoms with E-state index < -0.39 is 0 Å². The molecule has 0 bridgehead atoms. The van der Waals surface area contributed by atoms with Crippen LogP contribution in [-0.4, -0.2) is 22.0 Å². The molecular weight excluding hydrogens is 455 g/mol. The number of thiophene rings is 1. The number of para-hydroxylation sites is 1. The molecule has 4 aromatic rings. The molecule has 4 rings (SSSR count). The molecule has 2 amide bonds. The zero-order valence-electron chi connectivity index (χ0n) is 16.5. The van der Waals surface area contributed by atoms with Gasteiger partial charge in [0.1, 0.15) is 10.6 Å². The third-order valence-corrected chi connectivity index (χ3v) is 6.40. The number of hydrogen-bond donors (Lipinski definition) is 3. The fraction of sp³-hybridized carbons (Fsp3) is 0.136. The van der Waals surface area contributed by atoms with Crippen molar-refractivity contribution in [3.63, 3.8) is 0 Å². The summed E-state index contributed by atoms with van der Waals surface area (Å²) < 4.78 is 0. The van der Waals surface area contributed by atoms with Gasteiger partial charge in [-0.25, -0.2) is 0 Å². The molecule has 0 unspecified atom stereocenters. The van der Waals surface area contributed by atoms with E-state index in [9.17, 15) is 9.59 Å². The number of nitrogens with one attached hydrogen (secondary N) is 3.